The van der Waals surface area contributed by atoms with Gasteiger partial charge in [-0.15, -0.1) is 11.6 Å². The van der Waals surface area contributed by atoms with E-state index < -0.39 is 11.0 Å². The summed E-state index contributed by atoms with van der Waals surface area (Å²) in [5.41, 5.74) is -1.17. The Hall–Kier alpha value is 0.0200. The predicted octanol–water partition coefficient (Wildman–Crippen LogP) is 3.50. The van der Waals surface area contributed by atoms with Crippen molar-refractivity contribution < 1.29 is 5.11 Å². The Morgan fingerprint density at radius 3 is 2.71 bits per heavy atom. The van der Waals surface area contributed by atoms with Crippen molar-refractivity contribution in [1.82, 2.24) is 0 Å². The molecule has 2 rings (SSSR count). The molecule has 0 amide bonds. The van der Waals surface area contributed by atoms with Gasteiger partial charge in [-0.1, -0.05) is 18.5 Å². The summed E-state index contributed by atoms with van der Waals surface area (Å²) >= 11 is 11.9. The number of hydrogen-bond acceptors (Lipinski definition) is 0. The van der Waals surface area contributed by atoms with E-state index in [1.54, 1.807) is 18.2 Å². The molecule has 2 aliphatic rings. The van der Waals surface area contributed by atoms with Crippen LogP contribution in [0.15, 0.2) is 23.3 Å². The van der Waals surface area contributed by atoms with Crippen LogP contribution in [0, 0.1) is 11.8 Å². The molecule has 0 aromatic carbocycles. The van der Waals surface area contributed by atoms with Crippen molar-refractivity contribution in [2.45, 2.75) is 30.7 Å². The summed E-state index contributed by atoms with van der Waals surface area (Å²) in [6.07, 6.45) is 7.29. The van der Waals surface area contributed by atoms with Crippen LogP contribution in [0.5, 0.6) is 0 Å². The second kappa shape index (κ2) is 3.55. The molecule has 0 aromatic heterocycles. The molecular formula is C11H13Cl2O. The van der Waals surface area contributed by atoms with Crippen LogP contribution in [0.1, 0.15) is 19.8 Å². The van der Waals surface area contributed by atoms with Crippen molar-refractivity contribution in [3.8, 4) is 0 Å². The summed E-state index contributed by atoms with van der Waals surface area (Å²) in [5.74, 6) is 0.658. The Kier molecular flexibility index (Phi) is 2.67. The first-order valence-corrected chi connectivity index (χ1v) is 5.76. The van der Waals surface area contributed by atoms with E-state index in [0.29, 0.717) is 11.0 Å². The Morgan fingerprint density at radius 1 is 1.57 bits per heavy atom. The molecule has 1 fully saturated rings. The molecule has 14 heavy (non-hydrogen) atoms. The predicted molar refractivity (Wildman–Crippen MR) is 58.0 cm³/mol. The highest BCUT2D eigenvalue weighted by Crippen LogP contribution is 2.46. The van der Waals surface area contributed by atoms with E-state index >= 15 is 0 Å². The molecule has 0 bridgehead atoms. The fourth-order valence-corrected chi connectivity index (χ4v) is 2.66. The third kappa shape index (κ3) is 1.73. The molecular weight excluding hydrogens is 219 g/mol. The molecule has 1 nitrogen and oxygen atoms in total. The Labute approximate surface area is 94.4 Å². The van der Waals surface area contributed by atoms with Gasteiger partial charge >= 0.3 is 0 Å². The molecule has 3 unspecified atom stereocenters. The maximum atomic E-state index is 12.5. The zero-order chi connectivity index (χ0) is 10.3. The van der Waals surface area contributed by atoms with Gasteiger partial charge in [-0.05, 0) is 42.9 Å². The molecule has 0 aliphatic heterocycles. The number of allylic oxidation sites excluding steroid dienone is 2. The minimum atomic E-state index is -1.17. The first kappa shape index (κ1) is 10.5. The molecule has 1 saturated carbocycles. The molecule has 2 aliphatic carbocycles. The van der Waals surface area contributed by atoms with Gasteiger partial charge in [0.1, 0.15) is 5.60 Å². The smallest absolute Gasteiger partial charge is 0.145 e. The van der Waals surface area contributed by atoms with E-state index in [1.807, 2.05) is 6.92 Å². The second-order valence-electron chi connectivity index (χ2n) is 4.27. The summed E-state index contributed by atoms with van der Waals surface area (Å²) in [4.78, 5) is 0. The maximum absolute atomic E-state index is 12.5. The Morgan fingerprint density at radius 2 is 2.21 bits per heavy atom. The lowest BCUT2D eigenvalue weighted by molar-refractivity contribution is -0.0336. The third-order valence-corrected chi connectivity index (χ3v) is 4.00. The van der Waals surface area contributed by atoms with Crippen LogP contribution in [0.2, 0.25) is 0 Å². The van der Waals surface area contributed by atoms with E-state index in [0.717, 1.165) is 0 Å². The number of halogens is 2. The van der Waals surface area contributed by atoms with Gasteiger partial charge in [0.05, 0.1) is 5.38 Å². The molecule has 0 aromatic rings. The number of alkyl halides is 1. The van der Waals surface area contributed by atoms with Crippen molar-refractivity contribution in [3.63, 3.8) is 0 Å². The van der Waals surface area contributed by atoms with Gasteiger partial charge in [-0.25, -0.2) is 5.11 Å². The summed E-state index contributed by atoms with van der Waals surface area (Å²) in [7, 11) is 0. The highest BCUT2D eigenvalue weighted by atomic mass is 35.5. The number of rotatable bonds is 2. The average molecular weight is 232 g/mol. The van der Waals surface area contributed by atoms with Gasteiger partial charge in [0.25, 0.3) is 0 Å². The van der Waals surface area contributed by atoms with Crippen LogP contribution < -0.4 is 0 Å². The normalized spacial score (nSPS) is 39.4. The first-order chi connectivity index (χ1) is 6.54. The van der Waals surface area contributed by atoms with Gasteiger partial charge in [-0.3, -0.25) is 0 Å². The van der Waals surface area contributed by atoms with Crippen LogP contribution in [0.25, 0.3) is 0 Å². The third-order valence-electron chi connectivity index (χ3n) is 3.28. The monoisotopic (exact) mass is 231 g/mol. The topological polar surface area (TPSA) is 19.9 Å². The maximum Gasteiger partial charge on any atom is 0.145 e. The summed E-state index contributed by atoms with van der Waals surface area (Å²) in [6, 6.07) is 0. The Bertz CT molecular complexity index is 294. The fourth-order valence-electron chi connectivity index (χ4n) is 1.99. The zero-order valence-electron chi connectivity index (χ0n) is 8.04. The van der Waals surface area contributed by atoms with Crippen molar-refractivity contribution >= 4 is 23.2 Å². The quantitative estimate of drug-likeness (QED) is 0.649. The molecule has 3 heteroatoms. The molecule has 0 spiro atoms. The van der Waals surface area contributed by atoms with E-state index in [1.165, 1.54) is 12.8 Å². The molecule has 77 valence electrons. The SMILES string of the molecule is CC(C1CC1)C1([O])C=CC(Cl)=CC1Cl. The van der Waals surface area contributed by atoms with Crippen LogP contribution >= 0.6 is 23.2 Å². The lowest BCUT2D eigenvalue weighted by Crippen LogP contribution is -2.43. The molecule has 3 atom stereocenters. The first-order valence-electron chi connectivity index (χ1n) is 4.95. The van der Waals surface area contributed by atoms with Crippen LogP contribution in [0.4, 0.5) is 0 Å². The minimum Gasteiger partial charge on any atom is -0.223 e. The van der Waals surface area contributed by atoms with E-state index in [4.69, 9.17) is 23.2 Å². The average Bonchev–Trinajstić information content (AvgIpc) is 2.94. The number of hydrogen-bond donors (Lipinski definition) is 0. The standard InChI is InChI=1S/C11H13Cl2O/c1-7(8-2-3-8)11(14)5-4-9(12)6-10(11)13/h4-8,10H,2-3H2,1H3. The molecule has 1 radical (unpaired) electrons. The molecule has 0 N–H and O–H groups in total. The van der Waals surface area contributed by atoms with Crippen molar-refractivity contribution in [1.29, 1.82) is 0 Å². The highest BCUT2D eigenvalue weighted by molar-refractivity contribution is 6.32. The van der Waals surface area contributed by atoms with Gasteiger partial charge in [-0.2, -0.15) is 0 Å². The lowest BCUT2D eigenvalue weighted by Gasteiger charge is -2.33. The van der Waals surface area contributed by atoms with E-state index in [2.05, 4.69) is 0 Å². The second-order valence-corrected chi connectivity index (χ2v) is 5.17. The van der Waals surface area contributed by atoms with Crippen LogP contribution in [-0.4, -0.2) is 11.0 Å². The Balaban J connectivity index is 2.19. The zero-order valence-corrected chi connectivity index (χ0v) is 9.55. The summed E-state index contributed by atoms with van der Waals surface area (Å²) in [6.45, 7) is 2.00. The van der Waals surface area contributed by atoms with Gasteiger partial charge < -0.3 is 0 Å². The molecule has 0 saturated heterocycles. The summed E-state index contributed by atoms with van der Waals surface area (Å²) < 4.78 is 0. The van der Waals surface area contributed by atoms with Gasteiger partial charge in [0, 0.05) is 5.03 Å². The summed E-state index contributed by atoms with van der Waals surface area (Å²) in [5, 5.41) is 12.5. The lowest BCUT2D eigenvalue weighted by atomic mass is 9.80. The van der Waals surface area contributed by atoms with Crippen molar-refractivity contribution in [2.75, 3.05) is 0 Å². The van der Waals surface area contributed by atoms with Crippen molar-refractivity contribution in [3.05, 3.63) is 23.3 Å². The highest BCUT2D eigenvalue weighted by Gasteiger charge is 2.47. The van der Waals surface area contributed by atoms with E-state index in [-0.39, 0.29) is 5.92 Å². The largest absolute Gasteiger partial charge is 0.223 e. The van der Waals surface area contributed by atoms with Crippen LogP contribution in [-0.2, 0) is 5.11 Å². The van der Waals surface area contributed by atoms with Gasteiger partial charge in [0.2, 0.25) is 0 Å². The van der Waals surface area contributed by atoms with Crippen LogP contribution in [0.3, 0.4) is 0 Å². The minimum absolute atomic E-state index is 0.0993. The van der Waals surface area contributed by atoms with Gasteiger partial charge in [0.15, 0.2) is 0 Å². The van der Waals surface area contributed by atoms with Crippen molar-refractivity contribution in [2.24, 2.45) is 11.8 Å². The fraction of sp³-hybridized carbons (Fsp3) is 0.636. The van der Waals surface area contributed by atoms with E-state index in [9.17, 15) is 5.11 Å². The molecule has 0 heterocycles.